The predicted octanol–water partition coefficient (Wildman–Crippen LogP) is 3.50. The van der Waals surface area contributed by atoms with Gasteiger partial charge in [-0.15, -0.1) is 0 Å². The fourth-order valence-electron chi connectivity index (χ4n) is 2.65. The summed E-state index contributed by atoms with van der Waals surface area (Å²) in [4.78, 5) is 24.3. The van der Waals surface area contributed by atoms with Gasteiger partial charge in [-0.1, -0.05) is 17.7 Å². The van der Waals surface area contributed by atoms with Crippen molar-refractivity contribution in [1.29, 1.82) is 0 Å². The number of carbonyl (C=O) groups excluding carboxylic acids is 2. The summed E-state index contributed by atoms with van der Waals surface area (Å²) in [6, 6.07) is 13.5. The Hall–Kier alpha value is -2.37. The monoisotopic (exact) mass is 358 g/mol. The standard InChI is InChI=1S/C19H19ClN2O3/c20-15-4-1-3-14(11-15)19(24)22-16-8-6-13(7-9-16)18(23)21-12-17-5-2-10-25-17/h1,3-4,6-9,11,17H,2,5,10,12H2,(H,21,23)(H,22,24)/t17-/m0/s1. The molecular formula is C19H19ClN2O3. The number of hydrogen-bond acceptors (Lipinski definition) is 3. The zero-order valence-electron chi connectivity index (χ0n) is 13.6. The normalized spacial score (nSPS) is 16.4. The minimum absolute atomic E-state index is 0.111. The van der Waals surface area contributed by atoms with Crippen LogP contribution < -0.4 is 10.6 Å². The molecule has 1 fully saturated rings. The molecule has 6 heteroatoms. The Morgan fingerprint density at radius 1 is 1.08 bits per heavy atom. The van der Waals surface area contributed by atoms with Gasteiger partial charge in [-0.25, -0.2) is 0 Å². The van der Waals surface area contributed by atoms with E-state index in [1.807, 2.05) is 0 Å². The number of anilines is 1. The molecule has 0 bridgehead atoms. The molecule has 5 nitrogen and oxygen atoms in total. The van der Waals surface area contributed by atoms with E-state index >= 15 is 0 Å². The zero-order valence-corrected chi connectivity index (χ0v) is 14.4. The van der Waals surface area contributed by atoms with Gasteiger partial charge in [0, 0.05) is 35.0 Å². The molecule has 2 N–H and O–H groups in total. The molecule has 3 rings (SSSR count). The number of halogens is 1. The van der Waals surface area contributed by atoms with Gasteiger partial charge in [0.15, 0.2) is 0 Å². The molecule has 1 heterocycles. The first-order valence-corrected chi connectivity index (χ1v) is 8.56. The van der Waals surface area contributed by atoms with Crippen molar-refractivity contribution in [3.05, 3.63) is 64.7 Å². The Morgan fingerprint density at radius 3 is 2.56 bits per heavy atom. The van der Waals surface area contributed by atoms with Gasteiger partial charge >= 0.3 is 0 Å². The van der Waals surface area contributed by atoms with Crippen molar-refractivity contribution in [2.45, 2.75) is 18.9 Å². The van der Waals surface area contributed by atoms with Crippen LogP contribution in [0.5, 0.6) is 0 Å². The first kappa shape index (κ1) is 17.5. The van der Waals surface area contributed by atoms with Crippen LogP contribution in [0.15, 0.2) is 48.5 Å². The lowest BCUT2D eigenvalue weighted by Gasteiger charge is -2.11. The molecule has 0 aromatic heterocycles. The van der Waals surface area contributed by atoms with Crippen molar-refractivity contribution >= 4 is 29.1 Å². The van der Waals surface area contributed by atoms with Gasteiger partial charge in [0.2, 0.25) is 0 Å². The van der Waals surface area contributed by atoms with Crippen molar-refractivity contribution in [2.75, 3.05) is 18.5 Å². The molecule has 0 saturated carbocycles. The van der Waals surface area contributed by atoms with Crippen LogP contribution >= 0.6 is 11.6 Å². The van der Waals surface area contributed by atoms with E-state index in [0.717, 1.165) is 19.4 Å². The number of nitrogens with one attached hydrogen (secondary N) is 2. The number of carbonyl (C=O) groups is 2. The highest BCUT2D eigenvalue weighted by molar-refractivity contribution is 6.31. The summed E-state index contributed by atoms with van der Waals surface area (Å²) in [5, 5.41) is 6.15. The van der Waals surface area contributed by atoms with Gasteiger partial charge in [0.1, 0.15) is 0 Å². The molecule has 130 valence electrons. The molecule has 1 aliphatic rings. The van der Waals surface area contributed by atoms with Crippen LogP contribution in [0.1, 0.15) is 33.6 Å². The summed E-state index contributed by atoms with van der Waals surface area (Å²) in [5.74, 6) is -0.402. The molecule has 25 heavy (non-hydrogen) atoms. The number of amides is 2. The first-order chi connectivity index (χ1) is 12.1. The summed E-state index contributed by atoms with van der Waals surface area (Å²) in [7, 11) is 0. The number of rotatable bonds is 5. The second-order valence-corrected chi connectivity index (χ2v) is 6.32. The molecular weight excluding hydrogens is 340 g/mol. The molecule has 2 aromatic rings. The molecule has 1 saturated heterocycles. The third-order valence-corrected chi connectivity index (χ3v) is 4.24. The second-order valence-electron chi connectivity index (χ2n) is 5.89. The Balaban J connectivity index is 1.56. The van der Waals surface area contributed by atoms with Gasteiger partial charge < -0.3 is 15.4 Å². The van der Waals surface area contributed by atoms with E-state index in [0.29, 0.717) is 28.4 Å². The maximum absolute atomic E-state index is 12.2. The molecule has 0 radical (unpaired) electrons. The lowest BCUT2D eigenvalue weighted by Crippen LogP contribution is -2.31. The van der Waals surface area contributed by atoms with E-state index in [-0.39, 0.29) is 17.9 Å². The molecule has 2 aromatic carbocycles. The number of hydrogen-bond donors (Lipinski definition) is 2. The van der Waals surface area contributed by atoms with Crippen LogP contribution in [-0.2, 0) is 4.74 Å². The third-order valence-electron chi connectivity index (χ3n) is 4.01. The fraction of sp³-hybridized carbons (Fsp3) is 0.263. The van der Waals surface area contributed by atoms with Gasteiger partial charge in [-0.3, -0.25) is 9.59 Å². The fourth-order valence-corrected chi connectivity index (χ4v) is 2.84. The molecule has 0 unspecified atom stereocenters. The molecule has 2 amide bonds. The van der Waals surface area contributed by atoms with E-state index in [9.17, 15) is 9.59 Å². The highest BCUT2D eigenvalue weighted by Crippen LogP contribution is 2.15. The van der Waals surface area contributed by atoms with E-state index in [1.54, 1.807) is 48.5 Å². The molecule has 1 aliphatic heterocycles. The molecule has 0 spiro atoms. The van der Waals surface area contributed by atoms with Crippen molar-refractivity contribution in [3.63, 3.8) is 0 Å². The zero-order chi connectivity index (χ0) is 17.6. The lowest BCUT2D eigenvalue weighted by atomic mass is 10.1. The highest BCUT2D eigenvalue weighted by Gasteiger charge is 2.16. The van der Waals surface area contributed by atoms with Crippen molar-refractivity contribution in [1.82, 2.24) is 5.32 Å². The van der Waals surface area contributed by atoms with E-state index in [1.165, 1.54) is 0 Å². The first-order valence-electron chi connectivity index (χ1n) is 8.18. The maximum atomic E-state index is 12.2. The smallest absolute Gasteiger partial charge is 0.255 e. The quantitative estimate of drug-likeness (QED) is 0.859. The van der Waals surface area contributed by atoms with Crippen LogP contribution in [0.25, 0.3) is 0 Å². The Kier molecular flexibility index (Phi) is 5.68. The van der Waals surface area contributed by atoms with Gasteiger partial charge in [-0.2, -0.15) is 0 Å². The van der Waals surface area contributed by atoms with E-state index in [2.05, 4.69) is 10.6 Å². The molecule has 1 atom stereocenters. The van der Waals surface area contributed by atoms with Crippen LogP contribution in [0.2, 0.25) is 5.02 Å². The van der Waals surface area contributed by atoms with Gasteiger partial charge in [-0.05, 0) is 55.3 Å². The number of benzene rings is 2. The Morgan fingerprint density at radius 2 is 1.88 bits per heavy atom. The summed E-state index contributed by atoms with van der Waals surface area (Å²) >= 11 is 5.89. The van der Waals surface area contributed by atoms with Crippen LogP contribution in [-0.4, -0.2) is 31.1 Å². The van der Waals surface area contributed by atoms with Crippen LogP contribution in [0, 0.1) is 0 Å². The minimum Gasteiger partial charge on any atom is -0.376 e. The molecule has 0 aliphatic carbocycles. The second kappa shape index (κ2) is 8.14. The van der Waals surface area contributed by atoms with Crippen molar-refractivity contribution < 1.29 is 14.3 Å². The Labute approximate surface area is 151 Å². The van der Waals surface area contributed by atoms with Crippen LogP contribution in [0.3, 0.4) is 0 Å². The third kappa shape index (κ3) is 4.81. The average Bonchev–Trinajstić information content (AvgIpc) is 3.14. The van der Waals surface area contributed by atoms with Crippen molar-refractivity contribution in [3.8, 4) is 0 Å². The predicted molar refractivity (Wildman–Crippen MR) is 97.2 cm³/mol. The largest absolute Gasteiger partial charge is 0.376 e. The summed E-state index contributed by atoms with van der Waals surface area (Å²) in [5.41, 5.74) is 1.63. The van der Waals surface area contributed by atoms with Crippen molar-refractivity contribution in [2.24, 2.45) is 0 Å². The van der Waals surface area contributed by atoms with E-state index < -0.39 is 0 Å². The van der Waals surface area contributed by atoms with Crippen LogP contribution in [0.4, 0.5) is 5.69 Å². The summed E-state index contributed by atoms with van der Waals surface area (Å²) in [6.45, 7) is 1.29. The highest BCUT2D eigenvalue weighted by atomic mass is 35.5. The maximum Gasteiger partial charge on any atom is 0.255 e. The summed E-state index contributed by atoms with van der Waals surface area (Å²) < 4.78 is 5.48. The SMILES string of the molecule is O=C(NC[C@@H]1CCCO1)c1ccc(NC(=O)c2cccc(Cl)c2)cc1. The summed E-state index contributed by atoms with van der Waals surface area (Å²) in [6.07, 6.45) is 2.14. The average molecular weight is 359 g/mol. The minimum atomic E-state index is -0.252. The number of ether oxygens (including phenoxy) is 1. The lowest BCUT2D eigenvalue weighted by molar-refractivity contribution is 0.0857. The van der Waals surface area contributed by atoms with E-state index in [4.69, 9.17) is 16.3 Å². The van der Waals surface area contributed by atoms with Gasteiger partial charge in [0.05, 0.1) is 6.10 Å². The topological polar surface area (TPSA) is 67.4 Å². The van der Waals surface area contributed by atoms with Gasteiger partial charge in [0.25, 0.3) is 11.8 Å². The Bertz CT molecular complexity index is 756.